The van der Waals surface area contributed by atoms with Gasteiger partial charge in [-0.25, -0.2) is 0 Å². The molecule has 5 N–H and O–H groups in total. The Morgan fingerprint density at radius 2 is 0.875 bits per heavy atom. The number of carboxylic acid groups (broad SMARTS) is 4. The Bertz CT molecular complexity index is 395. The maximum atomic E-state index is 10.6. The fourth-order valence-corrected chi connectivity index (χ4v) is 1.48. The van der Waals surface area contributed by atoms with Gasteiger partial charge in [0.25, 0.3) is 5.09 Å². The number of hydrogen-bond donors (Lipinski definition) is 5. The van der Waals surface area contributed by atoms with Crippen molar-refractivity contribution in [1.29, 1.82) is 0 Å². The van der Waals surface area contributed by atoms with Crippen LogP contribution in [0, 0.1) is 10.1 Å². The standard InChI is InChI=1S/C10H16N2O8.HNO3/c13-7(14)3-11(4-8(15)16)1-2-12(5-9(17)18)6-10(19)20;2-1(3)4/h1-6H2,(H,13,14)(H,15,16)(H,17,18)(H,19,20);(H,2,3,4). The fourth-order valence-electron chi connectivity index (χ4n) is 1.48. The van der Waals surface area contributed by atoms with E-state index in [1.165, 1.54) is 0 Å². The van der Waals surface area contributed by atoms with Crippen LogP contribution in [0.15, 0.2) is 0 Å². The molecule has 0 aliphatic rings. The average Bonchev–Trinajstić information content (AvgIpc) is 2.32. The molecule has 14 nitrogen and oxygen atoms in total. The van der Waals surface area contributed by atoms with Gasteiger partial charge in [-0.2, -0.15) is 0 Å². The third-order valence-corrected chi connectivity index (χ3v) is 2.17. The molecule has 0 bridgehead atoms. The van der Waals surface area contributed by atoms with E-state index in [9.17, 15) is 19.2 Å². The Balaban J connectivity index is 0. The first kappa shape index (κ1) is 23.3. The summed E-state index contributed by atoms with van der Waals surface area (Å²) in [5.74, 6) is -4.91. The highest BCUT2D eigenvalue weighted by atomic mass is 16.9. The van der Waals surface area contributed by atoms with Gasteiger partial charge in [0.15, 0.2) is 0 Å². The summed E-state index contributed by atoms with van der Waals surface area (Å²) in [6, 6.07) is 0. The van der Waals surface area contributed by atoms with Crippen molar-refractivity contribution in [2.45, 2.75) is 0 Å². The Labute approximate surface area is 134 Å². The summed E-state index contributed by atoms with van der Waals surface area (Å²) < 4.78 is 0. The van der Waals surface area contributed by atoms with Gasteiger partial charge in [-0.05, 0) is 0 Å². The van der Waals surface area contributed by atoms with E-state index in [1.807, 2.05) is 0 Å². The normalized spacial score (nSPS) is 9.92. The van der Waals surface area contributed by atoms with Crippen molar-refractivity contribution in [3.63, 3.8) is 0 Å². The zero-order valence-corrected chi connectivity index (χ0v) is 12.3. The third-order valence-electron chi connectivity index (χ3n) is 2.17. The summed E-state index contributed by atoms with van der Waals surface area (Å²) in [6.45, 7) is -2.25. The molecule has 0 aromatic heterocycles. The summed E-state index contributed by atoms with van der Waals surface area (Å²) in [4.78, 5) is 52.7. The Hall–Kier alpha value is -3.00. The minimum atomic E-state index is -1.50. The van der Waals surface area contributed by atoms with Crippen molar-refractivity contribution in [3.05, 3.63) is 10.1 Å². The van der Waals surface area contributed by atoms with Gasteiger partial charge in [-0.15, -0.1) is 10.1 Å². The first-order valence-electron chi connectivity index (χ1n) is 6.09. The number of carboxylic acids is 4. The van der Waals surface area contributed by atoms with Crippen LogP contribution in [0.25, 0.3) is 0 Å². The lowest BCUT2D eigenvalue weighted by molar-refractivity contribution is -0.742. The quantitative estimate of drug-likeness (QED) is 0.192. The highest BCUT2D eigenvalue weighted by molar-refractivity contribution is 5.73. The van der Waals surface area contributed by atoms with Crippen LogP contribution in [0.2, 0.25) is 0 Å². The van der Waals surface area contributed by atoms with Gasteiger partial charge in [0.2, 0.25) is 0 Å². The van der Waals surface area contributed by atoms with Crippen LogP contribution in [0.4, 0.5) is 0 Å². The SMILES string of the molecule is O=C(O)CN(CCN(CC(=O)O)CC(=O)O)CC(=O)O.O=[N+]([O-])O. The van der Waals surface area contributed by atoms with Gasteiger partial charge >= 0.3 is 23.9 Å². The molecule has 0 aliphatic carbocycles. The molecule has 0 rings (SSSR count). The molecule has 0 heterocycles. The van der Waals surface area contributed by atoms with Gasteiger partial charge in [0.05, 0.1) is 26.2 Å². The van der Waals surface area contributed by atoms with E-state index in [4.69, 9.17) is 35.7 Å². The molecule has 0 aromatic rings. The van der Waals surface area contributed by atoms with Crippen molar-refractivity contribution < 1.29 is 49.9 Å². The molecule has 0 amide bonds. The number of aliphatic carboxylic acids is 4. The fraction of sp³-hybridized carbons (Fsp3) is 0.600. The highest BCUT2D eigenvalue weighted by Gasteiger charge is 2.17. The first-order chi connectivity index (χ1) is 10.9. The molecule has 0 aromatic carbocycles. The number of nitrogens with zero attached hydrogens (tertiary/aromatic N) is 3. The summed E-state index contributed by atoms with van der Waals surface area (Å²) in [6.07, 6.45) is 0. The number of carbonyl (C=O) groups is 4. The lowest BCUT2D eigenvalue weighted by Crippen LogP contribution is -2.43. The van der Waals surface area contributed by atoms with Crippen molar-refractivity contribution in [2.75, 3.05) is 39.3 Å². The predicted molar refractivity (Wildman–Crippen MR) is 72.2 cm³/mol. The molecular weight excluding hydrogens is 338 g/mol. The van der Waals surface area contributed by atoms with Gasteiger partial charge in [-0.3, -0.25) is 29.0 Å². The van der Waals surface area contributed by atoms with Crippen LogP contribution >= 0.6 is 0 Å². The highest BCUT2D eigenvalue weighted by Crippen LogP contribution is 1.94. The van der Waals surface area contributed by atoms with E-state index in [1.54, 1.807) is 0 Å². The van der Waals surface area contributed by atoms with E-state index >= 15 is 0 Å². The minimum Gasteiger partial charge on any atom is -0.480 e. The smallest absolute Gasteiger partial charge is 0.317 e. The topological polar surface area (TPSA) is 219 Å². The predicted octanol–water partition coefficient (Wildman–Crippen LogP) is -2.42. The largest absolute Gasteiger partial charge is 0.480 e. The number of hydrogen-bond acceptors (Lipinski definition) is 8. The molecule has 0 aliphatic heterocycles. The van der Waals surface area contributed by atoms with Crippen LogP contribution in [0.1, 0.15) is 0 Å². The van der Waals surface area contributed by atoms with Crippen LogP contribution in [0.5, 0.6) is 0 Å². The summed E-state index contributed by atoms with van der Waals surface area (Å²) in [5.41, 5.74) is 0. The maximum absolute atomic E-state index is 10.6. The third kappa shape index (κ3) is 19.0. The van der Waals surface area contributed by atoms with Crippen molar-refractivity contribution in [2.24, 2.45) is 0 Å². The number of rotatable bonds is 11. The summed E-state index contributed by atoms with van der Waals surface area (Å²) in [7, 11) is 0. The zero-order chi connectivity index (χ0) is 19.3. The molecule has 24 heavy (non-hydrogen) atoms. The second-order valence-corrected chi connectivity index (χ2v) is 4.23. The van der Waals surface area contributed by atoms with Crippen LogP contribution in [-0.4, -0.2) is 104 Å². The molecule has 0 spiro atoms. The summed E-state index contributed by atoms with van der Waals surface area (Å²) >= 11 is 0. The van der Waals surface area contributed by atoms with Crippen molar-refractivity contribution in [3.8, 4) is 0 Å². The average molecular weight is 355 g/mol. The van der Waals surface area contributed by atoms with Gasteiger partial charge < -0.3 is 25.6 Å². The van der Waals surface area contributed by atoms with Gasteiger partial charge in [0, 0.05) is 13.1 Å². The molecule has 14 heteroatoms. The van der Waals surface area contributed by atoms with Gasteiger partial charge in [-0.1, -0.05) is 0 Å². The van der Waals surface area contributed by atoms with E-state index < -0.39 is 55.1 Å². The molecular formula is C10H17N3O11. The minimum absolute atomic E-state index is 0.0703. The second kappa shape index (κ2) is 12.5. The molecule has 0 atom stereocenters. The Morgan fingerprint density at radius 3 is 1.00 bits per heavy atom. The van der Waals surface area contributed by atoms with Crippen LogP contribution < -0.4 is 0 Å². The molecule has 0 unspecified atom stereocenters. The van der Waals surface area contributed by atoms with E-state index in [0.29, 0.717) is 0 Å². The Morgan fingerprint density at radius 1 is 0.708 bits per heavy atom. The lowest BCUT2D eigenvalue weighted by Gasteiger charge is -2.23. The second-order valence-electron chi connectivity index (χ2n) is 4.23. The first-order valence-corrected chi connectivity index (χ1v) is 6.09. The van der Waals surface area contributed by atoms with Gasteiger partial charge in [0.1, 0.15) is 0 Å². The molecule has 0 radical (unpaired) electrons. The zero-order valence-electron chi connectivity index (χ0n) is 12.3. The lowest BCUT2D eigenvalue weighted by atomic mass is 10.4. The van der Waals surface area contributed by atoms with Crippen LogP contribution in [0.3, 0.4) is 0 Å². The van der Waals surface area contributed by atoms with E-state index in [0.717, 1.165) is 9.80 Å². The van der Waals surface area contributed by atoms with E-state index in [2.05, 4.69) is 0 Å². The monoisotopic (exact) mass is 355 g/mol. The maximum Gasteiger partial charge on any atom is 0.317 e. The van der Waals surface area contributed by atoms with Crippen molar-refractivity contribution >= 4 is 23.9 Å². The Kier molecular flexibility index (Phi) is 12.2. The summed E-state index contributed by atoms with van der Waals surface area (Å²) in [5, 5.41) is 48.1. The molecule has 138 valence electrons. The molecule has 0 saturated heterocycles. The molecule has 0 fully saturated rings. The van der Waals surface area contributed by atoms with Crippen LogP contribution in [-0.2, 0) is 19.2 Å². The molecule has 0 saturated carbocycles. The van der Waals surface area contributed by atoms with Crippen molar-refractivity contribution in [1.82, 2.24) is 9.80 Å². The van der Waals surface area contributed by atoms with E-state index in [-0.39, 0.29) is 13.1 Å².